The molecule has 2 aromatic rings. The van der Waals surface area contributed by atoms with E-state index < -0.39 is 0 Å². The molecule has 1 aromatic carbocycles. The highest BCUT2D eigenvalue weighted by Crippen LogP contribution is 2.25. The highest BCUT2D eigenvalue weighted by molar-refractivity contribution is 7.99. The summed E-state index contributed by atoms with van der Waals surface area (Å²) in [5.41, 5.74) is 1.67. The molecule has 0 aliphatic carbocycles. The van der Waals surface area contributed by atoms with Crippen molar-refractivity contribution in [3.05, 3.63) is 57.8 Å². The molecule has 1 aromatic heterocycles. The average molecular weight is 404 g/mol. The molecule has 2 heterocycles. The van der Waals surface area contributed by atoms with E-state index in [1.54, 1.807) is 6.07 Å². The smallest absolute Gasteiger partial charge is 0.261 e. The van der Waals surface area contributed by atoms with Crippen LogP contribution in [0.5, 0.6) is 0 Å². The Morgan fingerprint density at radius 2 is 1.96 bits per heavy atom. The number of benzene rings is 1. The molecule has 2 amide bonds. The minimum atomic E-state index is -0.0694. The van der Waals surface area contributed by atoms with Gasteiger partial charge in [-0.3, -0.25) is 9.59 Å². The van der Waals surface area contributed by atoms with E-state index in [0.717, 1.165) is 18.7 Å². The molecule has 0 radical (unpaired) electrons. The Morgan fingerprint density at radius 3 is 2.52 bits per heavy atom. The van der Waals surface area contributed by atoms with Gasteiger partial charge in [0.25, 0.3) is 11.8 Å². The van der Waals surface area contributed by atoms with E-state index in [1.165, 1.54) is 11.3 Å². The molecule has 1 saturated heterocycles. The quantitative estimate of drug-likeness (QED) is 0.806. The molecular weight excluding hydrogens is 378 g/mol. The molecule has 0 bridgehead atoms. The number of nitrogens with one attached hydrogen (secondary N) is 1. The fraction of sp³-hybridized carbons (Fsp3) is 0.400. The molecule has 1 aliphatic heterocycles. The molecule has 3 rings (SSSR count). The first kappa shape index (κ1) is 19.9. The largest absolute Gasteiger partial charge is 0.347 e. The van der Waals surface area contributed by atoms with E-state index in [1.807, 2.05) is 52.4 Å². The van der Waals surface area contributed by atoms with Gasteiger partial charge in [-0.25, -0.2) is 0 Å². The number of carbonyl (C=O) groups excluding carboxylic acids is 2. The van der Waals surface area contributed by atoms with Crippen molar-refractivity contribution in [2.75, 3.05) is 33.4 Å². The first-order chi connectivity index (χ1) is 13.0. The normalized spacial score (nSPS) is 19.5. The van der Waals surface area contributed by atoms with Crippen molar-refractivity contribution in [2.24, 2.45) is 0 Å². The van der Waals surface area contributed by atoms with E-state index in [4.69, 9.17) is 0 Å². The Labute approximate surface area is 168 Å². The summed E-state index contributed by atoms with van der Waals surface area (Å²) in [7, 11) is 4.14. The number of likely N-dealkylation sites (tertiary alicyclic amines) is 1. The van der Waals surface area contributed by atoms with E-state index in [9.17, 15) is 9.59 Å². The van der Waals surface area contributed by atoms with Crippen molar-refractivity contribution < 1.29 is 9.59 Å². The summed E-state index contributed by atoms with van der Waals surface area (Å²) in [4.78, 5) is 29.7. The second-order valence-corrected chi connectivity index (χ2v) is 8.90. The van der Waals surface area contributed by atoms with E-state index in [-0.39, 0.29) is 11.8 Å². The summed E-state index contributed by atoms with van der Waals surface area (Å²) < 4.78 is 0. The predicted molar refractivity (Wildman–Crippen MR) is 113 cm³/mol. The zero-order chi connectivity index (χ0) is 19.4. The number of rotatable bonds is 6. The zero-order valence-corrected chi connectivity index (χ0v) is 17.5. The first-order valence-electron chi connectivity index (χ1n) is 8.88. The fourth-order valence-corrected chi connectivity index (χ4v) is 4.89. The third-order valence-electron chi connectivity index (χ3n) is 4.89. The second-order valence-electron chi connectivity index (χ2n) is 6.87. The maximum absolute atomic E-state index is 12.8. The Kier molecular flexibility index (Phi) is 6.57. The number of nitrogens with zero attached hydrogens (tertiary/aromatic N) is 2. The van der Waals surface area contributed by atoms with Crippen LogP contribution in [0.4, 0.5) is 0 Å². The summed E-state index contributed by atoms with van der Waals surface area (Å²) in [5, 5.41) is 5.23. The fourth-order valence-electron chi connectivity index (χ4n) is 3.28. The summed E-state index contributed by atoms with van der Waals surface area (Å²) in [5.74, 6) is 0.00706. The van der Waals surface area contributed by atoms with Gasteiger partial charge in [-0.1, -0.05) is 18.2 Å². The van der Waals surface area contributed by atoms with Gasteiger partial charge in [0.05, 0.1) is 4.88 Å². The van der Waals surface area contributed by atoms with Crippen molar-refractivity contribution >= 4 is 34.9 Å². The van der Waals surface area contributed by atoms with E-state index in [0.29, 0.717) is 28.3 Å². The molecule has 1 N–H and O–H groups in total. The summed E-state index contributed by atoms with van der Waals surface area (Å²) in [6.07, 6.45) is 2.11. The van der Waals surface area contributed by atoms with Gasteiger partial charge in [0.15, 0.2) is 0 Å². The van der Waals surface area contributed by atoms with Crippen LogP contribution in [0.15, 0.2) is 41.8 Å². The minimum absolute atomic E-state index is 0.0694. The van der Waals surface area contributed by atoms with Crippen LogP contribution in [0.3, 0.4) is 0 Å². The molecule has 1 fully saturated rings. The lowest BCUT2D eigenvalue weighted by atomic mass is 10.1. The summed E-state index contributed by atoms with van der Waals surface area (Å²) >= 11 is 3.24. The molecule has 144 valence electrons. The monoisotopic (exact) mass is 403 g/mol. The van der Waals surface area contributed by atoms with Gasteiger partial charge in [0.2, 0.25) is 0 Å². The maximum Gasteiger partial charge on any atom is 0.261 e. The number of thioether (sulfide) groups is 1. The molecule has 0 spiro atoms. The lowest BCUT2D eigenvalue weighted by Gasteiger charge is -2.23. The first-order valence-corrected chi connectivity index (χ1v) is 11.1. The Balaban J connectivity index is 1.58. The number of likely N-dealkylation sites (N-methyl/N-ethyl adjacent to an activating group) is 1. The number of hydrogen-bond donors (Lipinski definition) is 1. The van der Waals surface area contributed by atoms with Crippen LogP contribution in [0.25, 0.3) is 0 Å². The molecular formula is C20H25N3O2S2. The highest BCUT2D eigenvalue weighted by Gasteiger charge is 2.36. The summed E-state index contributed by atoms with van der Waals surface area (Å²) in [6, 6.07) is 11.6. The minimum Gasteiger partial charge on any atom is -0.347 e. The lowest BCUT2D eigenvalue weighted by molar-refractivity contribution is 0.0782. The molecule has 7 heteroatoms. The van der Waals surface area contributed by atoms with E-state index >= 15 is 0 Å². The standard InChI is InChI=1S/C20H25N3O2S2/c1-22(2)16-12-23(13-18(16)26-3)20(25)15-8-6-14(7-9-15)11-21-19(24)17-5-4-10-27-17/h4-10,16,18H,11-13H2,1-3H3,(H,21,24)/t16-,18-/m0/s1. The highest BCUT2D eigenvalue weighted by atomic mass is 32.2. The third kappa shape index (κ3) is 4.72. The van der Waals surface area contributed by atoms with Crippen LogP contribution in [0.1, 0.15) is 25.6 Å². The van der Waals surface area contributed by atoms with Gasteiger partial charge >= 0.3 is 0 Å². The number of carbonyl (C=O) groups is 2. The second kappa shape index (κ2) is 8.91. The average Bonchev–Trinajstić information content (AvgIpc) is 3.35. The van der Waals surface area contributed by atoms with Crippen LogP contribution in [0, 0.1) is 0 Å². The van der Waals surface area contributed by atoms with Crippen LogP contribution < -0.4 is 5.32 Å². The van der Waals surface area contributed by atoms with Crippen LogP contribution in [0.2, 0.25) is 0 Å². The third-order valence-corrected chi connectivity index (χ3v) is 6.83. The van der Waals surface area contributed by atoms with Gasteiger partial charge in [0.1, 0.15) is 0 Å². The molecule has 0 saturated carbocycles. The lowest BCUT2D eigenvalue weighted by Crippen LogP contribution is -2.37. The van der Waals surface area contributed by atoms with Gasteiger partial charge in [-0.15, -0.1) is 11.3 Å². The molecule has 5 nitrogen and oxygen atoms in total. The van der Waals surface area contributed by atoms with Crippen molar-refractivity contribution in [3.63, 3.8) is 0 Å². The van der Waals surface area contributed by atoms with Crippen LogP contribution in [-0.4, -0.2) is 66.3 Å². The number of hydrogen-bond acceptors (Lipinski definition) is 5. The van der Waals surface area contributed by atoms with Gasteiger partial charge in [-0.05, 0) is 49.5 Å². The molecule has 2 atom stereocenters. The molecule has 1 aliphatic rings. The number of amides is 2. The SMILES string of the molecule is CS[C@H]1CN(C(=O)c2ccc(CNC(=O)c3cccs3)cc2)C[C@@H]1N(C)C. The predicted octanol–water partition coefficient (Wildman–Crippen LogP) is 2.80. The van der Waals surface area contributed by atoms with Crippen molar-refractivity contribution in [2.45, 2.75) is 17.8 Å². The zero-order valence-electron chi connectivity index (χ0n) is 15.8. The van der Waals surface area contributed by atoms with Crippen molar-refractivity contribution in [3.8, 4) is 0 Å². The Bertz CT molecular complexity index is 775. The van der Waals surface area contributed by atoms with Gasteiger partial charge in [-0.2, -0.15) is 11.8 Å². The summed E-state index contributed by atoms with van der Waals surface area (Å²) in [6.45, 7) is 1.99. The van der Waals surface area contributed by atoms with Gasteiger partial charge in [0, 0.05) is 36.5 Å². The van der Waals surface area contributed by atoms with Crippen molar-refractivity contribution in [1.29, 1.82) is 0 Å². The maximum atomic E-state index is 12.8. The Hall–Kier alpha value is -1.83. The number of thiophene rings is 1. The van der Waals surface area contributed by atoms with Crippen LogP contribution >= 0.6 is 23.1 Å². The molecule has 0 unspecified atom stereocenters. The van der Waals surface area contributed by atoms with Gasteiger partial charge < -0.3 is 15.1 Å². The van der Waals surface area contributed by atoms with E-state index in [2.05, 4.69) is 30.6 Å². The topological polar surface area (TPSA) is 52.7 Å². The molecule has 27 heavy (non-hydrogen) atoms. The van der Waals surface area contributed by atoms with Crippen LogP contribution in [-0.2, 0) is 6.54 Å². The van der Waals surface area contributed by atoms with Crippen molar-refractivity contribution in [1.82, 2.24) is 15.1 Å². The Morgan fingerprint density at radius 1 is 1.22 bits per heavy atom.